The lowest BCUT2D eigenvalue weighted by atomic mass is 10.0. The van der Waals surface area contributed by atoms with Gasteiger partial charge in [0.15, 0.2) is 0 Å². The molecular weight excluding hydrogens is 283 g/mol. The zero-order valence-corrected chi connectivity index (χ0v) is 11.8. The molecule has 0 aromatic heterocycles. The average molecular weight is 301 g/mol. The lowest BCUT2D eigenvalue weighted by Gasteiger charge is -2.16. The summed E-state index contributed by atoms with van der Waals surface area (Å²) in [6.45, 7) is 4.41. The van der Waals surface area contributed by atoms with Crippen molar-refractivity contribution < 1.29 is 9.13 Å². The van der Waals surface area contributed by atoms with Gasteiger partial charge in [-0.2, -0.15) is 0 Å². The van der Waals surface area contributed by atoms with Crippen LogP contribution in [0.2, 0.25) is 0 Å². The Labute approximate surface area is 110 Å². The molecule has 1 aliphatic heterocycles. The third kappa shape index (κ3) is 3.21. The summed E-state index contributed by atoms with van der Waals surface area (Å²) in [5.41, 5.74) is 1.01. The Morgan fingerprint density at radius 3 is 2.94 bits per heavy atom. The maximum atomic E-state index is 13.0. The first kappa shape index (κ1) is 12.9. The molecule has 17 heavy (non-hydrogen) atoms. The quantitative estimate of drug-likeness (QED) is 0.752. The molecule has 1 aromatic carbocycles. The summed E-state index contributed by atoms with van der Waals surface area (Å²) in [6, 6.07) is 4.78. The van der Waals surface area contributed by atoms with Crippen molar-refractivity contribution in [3.8, 4) is 5.75 Å². The maximum Gasteiger partial charge on any atom is 0.123 e. The second-order valence-electron chi connectivity index (χ2n) is 5.03. The van der Waals surface area contributed by atoms with Crippen LogP contribution in [0.5, 0.6) is 5.75 Å². The summed E-state index contributed by atoms with van der Waals surface area (Å²) >= 11 is 3.68. The molecule has 1 aliphatic rings. The minimum absolute atomic E-state index is 0.173. The lowest BCUT2D eigenvalue weighted by molar-refractivity contribution is 0.216. The monoisotopic (exact) mass is 300 g/mol. The molecular formula is C14H18BrFO. The SMILES string of the molecule is CC(C)C(Br)CCC1Cc2cc(F)ccc2O1. The Morgan fingerprint density at radius 1 is 1.47 bits per heavy atom. The molecule has 2 rings (SSSR count). The second kappa shape index (κ2) is 5.38. The number of ether oxygens (including phenoxy) is 1. The third-order valence-corrected chi connectivity index (χ3v) is 4.77. The van der Waals surface area contributed by atoms with Gasteiger partial charge in [0, 0.05) is 16.8 Å². The van der Waals surface area contributed by atoms with E-state index in [4.69, 9.17) is 4.74 Å². The molecule has 1 heterocycles. The highest BCUT2D eigenvalue weighted by molar-refractivity contribution is 9.09. The van der Waals surface area contributed by atoms with E-state index < -0.39 is 0 Å². The molecule has 0 spiro atoms. The van der Waals surface area contributed by atoms with Gasteiger partial charge in [0.1, 0.15) is 17.7 Å². The standard InChI is InChI=1S/C14H18BrFO/c1-9(2)13(15)5-4-12-8-10-7-11(16)3-6-14(10)17-12/h3,6-7,9,12-13H,4-5,8H2,1-2H3. The zero-order valence-electron chi connectivity index (χ0n) is 10.2. The van der Waals surface area contributed by atoms with Crippen LogP contribution in [0.1, 0.15) is 32.3 Å². The van der Waals surface area contributed by atoms with Gasteiger partial charge in [0.25, 0.3) is 0 Å². The molecule has 94 valence electrons. The lowest BCUT2D eigenvalue weighted by Crippen LogP contribution is -2.17. The van der Waals surface area contributed by atoms with E-state index in [9.17, 15) is 4.39 Å². The van der Waals surface area contributed by atoms with Gasteiger partial charge in [-0.05, 0) is 37.0 Å². The van der Waals surface area contributed by atoms with E-state index in [0.717, 1.165) is 30.6 Å². The van der Waals surface area contributed by atoms with E-state index in [2.05, 4.69) is 29.8 Å². The Hall–Kier alpha value is -0.570. The highest BCUT2D eigenvalue weighted by Crippen LogP contribution is 2.32. The molecule has 1 aromatic rings. The van der Waals surface area contributed by atoms with Crippen LogP contribution < -0.4 is 4.74 Å². The van der Waals surface area contributed by atoms with Crippen LogP contribution in [0.4, 0.5) is 4.39 Å². The molecule has 0 bridgehead atoms. The van der Waals surface area contributed by atoms with Crippen molar-refractivity contribution in [1.82, 2.24) is 0 Å². The minimum atomic E-state index is -0.173. The normalized spacial score (nSPS) is 20.2. The number of fused-ring (bicyclic) bond motifs is 1. The number of hydrogen-bond donors (Lipinski definition) is 0. The van der Waals surface area contributed by atoms with E-state index in [1.807, 2.05) is 0 Å². The fourth-order valence-electron chi connectivity index (χ4n) is 2.13. The number of rotatable bonds is 4. The van der Waals surface area contributed by atoms with Gasteiger partial charge in [-0.25, -0.2) is 4.39 Å². The van der Waals surface area contributed by atoms with Crippen molar-refractivity contribution in [2.75, 3.05) is 0 Å². The predicted octanol–water partition coefficient (Wildman–Crippen LogP) is 4.33. The van der Waals surface area contributed by atoms with E-state index in [-0.39, 0.29) is 11.9 Å². The molecule has 0 amide bonds. The van der Waals surface area contributed by atoms with Crippen LogP contribution in [0.25, 0.3) is 0 Å². The fraction of sp³-hybridized carbons (Fsp3) is 0.571. The van der Waals surface area contributed by atoms with E-state index >= 15 is 0 Å². The van der Waals surface area contributed by atoms with Gasteiger partial charge in [-0.1, -0.05) is 29.8 Å². The molecule has 0 N–H and O–H groups in total. The molecule has 3 heteroatoms. The second-order valence-corrected chi connectivity index (χ2v) is 6.21. The number of hydrogen-bond acceptors (Lipinski definition) is 1. The first-order valence-electron chi connectivity index (χ1n) is 6.15. The highest BCUT2D eigenvalue weighted by atomic mass is 79.9. The maximum absolute atomic E-state index is 13.0. The van der Waals surface area contributed by atoms with Crippen LogP contribution in [0.3, 0.4) is 0 Å². The molecule has 2 atom stereocenters. The molecule has 0 fully saturated rings. The van der Waals surface area contributed by atoms with E-state index in [1.165, 1.54) is 6.07 Å². The summed E-state index contributed by atoms with van der Waals surface area (Å²) in [6.07, 6.45) is 3.17. The van der Waals surface area contributed by atoms with Gasteiger partial charge in [0.2, 0.25) is 0 Å². The first-order chi connectivity index (χ1) is 8.06. The van der Waals surface area contributed by atoms with Crippen LogP contribution >= 0.6 is 15.9 Å². The average Bonchev–Trinajstić information content (AvgIpc) is 2.67. The van der Waals surface area contributed by atoms with Gasteiger partial charge >= 0.3 is 0 Å². The van der Waals surface area contributed by atoms with Crippen LogP contribution in [0, 0.1) is 11.7 Å². The Bertz CT molecular complexity index is 392. The van der Waals surface area contributed by atoms with Gasteiger partial charge in [-0.15, -0.1) is 0 Å². The van der Waals surface area contributed by atoms with E-state index in [0.29, 0.717) is 10.7 Å². The van der Waals surface area contributed by atoms with Crippen molar-refractivity contribution in [2.45, 2.75) is 44.0 Å². The largest absolute Gasteiger partial charge is 0.490 e. The smallest absolute Gasteiger partial charge is 0.123 e. The molecule has 0 saturated carbocycles. The highest BCUT2D eigenvalue weighted by Gasteiger charge is 2.24. The molecule has 0 aliphatic carbocycles. The van der Waals surface area contributed by atoms with E-state index in [1.54, 1.807) is 12.1 Å². The van der Waals surface area contributed by atoms with Gasteiger partial charge in [0.05, 0.1) is 0 Å². The minimum Gasteiger partial charge on any atom is -0.490 e. The Morgan fingerprint density at radius 2 is 2.24 bits per heavy atom. The molecule has 2 unspecified atom stereocenters. The van der Waals surface area contributed by atoms with Crippen molar-refractivity contribution in [1.29, 1.82) is 0 Å². The number of benzene rings is 1. The Kier molecular flexibility index (Phi) is 4.08. The first-order valence-corrected chi connectivity index (χ1v) is 7.07. The molecule has 1 nitrogen and oxygen atoms in total. The summed E-state index contributed by atoms with van der Waals surface area (Å²) in [7, 11) is 0. The zero-order chi connectivity index (χ0) is 12.4. The summed E-state index contributed by atoms with van der Waals surface area (Å²) < 4.78 is 18.9. The fourth-order valence-corrected chi connectivity index (χ4v) is 2.39. The number of halogens is 2. The Balaban J connectivity index is 1.88. The van der Waals surface area contributed by atoms with Crippen molar-refractivity contribution >= 4 is 15.9 Å². The topological polar surface area (TPSA) is 9.23 Å². The molecule has 0 radical (unpaired) electrons. The summed E-state index contributed by atoms with van der Waals surface area (Å²) in [4.78, 5) is 0.534. The summed E-state index contributed by atoms with van der Waals surface area (Å²) in [5.74, 6) is 1.32. The van der Waals surface area contributed by atoms with Crippen molar-refractivity contribution in [3.63, 3.8) is 0 Å². The predicted molar refractivity (Wildman–Crippen MR) is 71.3 cm³/mol. The van der Waals surface area contributed by atoms with Crippen LogP contribution in [-0.4, -0.2) is 10.9 Å². The third-order valence-electron chi connectivity index (χ3n) is 3.25. The van der Waals surface area contributed by atoms with Crippen molar-refractivity contribution in [3.05, 3.63) is 29.6 Å². The van der Waals surface area contributed by atoms with Crippen LogP contribution in [-0.2, 0) is 6.42 Å². The van der Waals surface area contributed by atoms with Gasteiger partial charge < -0.3 is 4.74 Å². The number of alkyl halides is 1. The molecule has 0 saturated heterocycles. The van der Waals surface area contributed by atoms with Crippen LogP contribution in [0.15, 0.2) is 18.2 Å². The van der Waals surface area contributed by atoms with Crippen molar-refractivity contribution in [2.24, 2.45) is 5.92 Å². The van der Waals surface area contributed by atoms with Gasteiger partial charge in [-0.3, -0.25) is 0 Å². The summed E-state index contributed by atoms with van der Waals surface area (Å²) in [5, 5.41) is 0.